The Balaban J connectivity index is 1.76. The average molecular weight is 490 g/mol. The van der Waals surface area contributed by atoms with Crippen LogP contribution in [0.15, 0.2) is 54.6 Å². The molecule has 1 aromatic heterocycles. The molecule has 3 rings (SSSR count). The fourth-order valence-electron chi connectivity index (χ4n) is 3.75. The van der Waals surface area contributed by atoms with Gasteiger partial charge in [-0.3, -0.25) is 4.79 Å². The van der Waals surface area contributed by atoms with E-state index in [4.69, 9.17) is 5.10 Å². The molecule has 1 heterocycles. The second kappa shape index (κ2) is 11.4. The van der Waals surface area contributed by atoms with Crippen molar-refractivity contribution in [3.8, 4) is 5.69 Å². The summed E-state index contributed by atoms with van der Waals surface area (Å²) in [7, 11) is 0. The smallest absolute Gasteiger partial charge is 0.315 e. The third kappa shape index (κ3) is 6.97. The van der Waals surface area contributed by atoms with E-state index in [1.165, 1.54) is 10.5 Å². The van der Waals surface area contributed by atoms with Gasteiger partial charge in [0.05, 0.1) is 11.4 Å². The van der Waals surface area contributed by atoms with Gasteiger partial charge in [-0.1, -0.05) is 71.4 Å². The molecular formula is C29H39N5O2. The van der Waals surface area contributed by atoms with Crippen molar-refractivity contribution in [1.82, 2.24) is 14.7 Å². The van der Waals surface area contributed by atoms with Crippen molar-refractivity contribution in [3.63, 3.8) is 0 Å². The Morgan fingerprint density at radius 2 is 1.64 bits per heavy atom. The number of carbonyl (C=O) groups excluding carboxylic acids is 2. The summed E-state index contributed by atoms with van der Waals surface area (Å²) in [6.45, 7) is 14.9. The maximum Gasteiger partial charge on any atom is 0.322 e. The third-order valence-corrected chi connectivity index (χ3v) is 5.97. The van der Waals surface area contributed by atoms with Gasteiger partial charge in [0.15, 0.2) is 0 Å². The zero-order valence-electron chi connectivity index (χ0n) is 22.6. The number of amides is 3. The fourth-order valence-corrected chi connectivity index (χ4v) is 3.75. The lowest BCUT2D eigenvalue weighted by molar-refractivity contribution is -0.116. The van der Waals surface area contributed by atoms with Crippen LogP contribution in [0.3, 0.4) is 0 Å². The van der Waals surface area contributed by atoms with Crippen molar-refractivity contribution in [2.75, 3.05) is 23.7 Å². The van der Waals surface area contributed by atoms with Crippen LogP contribution in [0.4, 0.5) is 16.3 Å². The average Bonchev–Trinajstić information content (AvgIpc) is 3.24. The topological polar surface area (TPSA) is 79.3 Å². The van der Waals surface area contributed by atoms with Crippen LogP contribution in [-0.2, 0) is 10.2 Å². The molecule has 0 saturated heterocycles. The number of hydrogen-bond acceptors (Lipinski definition) is 3. The van der Waals surface area contributed by atoms with E-state index in [-0.39, 0.29) is 23.9 Å². The van der Waals surface area contributed by atoms with E-state index in [1.807, 2.05) is 68.4 Å². The summed E-state index contributed by atoms with van der Waals surface area (Å²) in [5, 5.41) is 10.7. The molecule has 0 saturated carbocycles. The Hall–Kier alpha value is -3.61. The van der Waals surface area contributed by atoms with Gasteiger partial charge in [-0.05, 0) is 49.1 Å². The molecule has 192 valence electrons. The van der Waals surface area contributed by atoms with E-state index in [1.54, 1.807) is 4.68 Å². The molecule has 3 aromatic rings. The summed E-state index contributed by atoms with van der Waals surface area (Å²) < 4.78 is 1.75. The second-order valence-electron chi connectivity index (χ2n) is 10.6. The first-order valence-corrected chi connectivity index (χ1v) is 12.6. The molecule has 2 aromatic carbocycles. The molecule has 0 radical (unpaired) electrons. The van der Waals surface area contributed by atoms with Crippen LogP contribution in [-0.4, -0.2) is 39.7 Å². The van der Waals surface area contributed by atoms with Crippen molar-refractivity contribution in [1.29, 1.82) is 0 Å². The number of rotatable bonds is 8. The third-order valence-electron chi connectivity index (χ3n) is 5.97. The van der Waals surface area contributed by atoms with Gasteiger partial charge in [-0.15, -0.1) is 0 Å². The molecule has 0 aliphatic heterocycles. The minimum Gasteiger partial charge on any atom is -0.315 e. The first-order valence-electron chi connectivity index (χ1n) is 12.6. The standard InChI is InChI=1S/C29H39N5O2/c1-8-17-33(28(36)30-23-13-11-22(12-14-23)20(2)3)19-27(35)31-26-18-25(29(5,6)7)32-34(26)24-15-9-21(4)10-16-24/h9-16,18,20H,8,17,19H2,1-7H3,(H,30,36)(H,31,35). The molecule has 0 bridgehead atoms. The van der Waals surface area contributed by atoms with Crippen LogP contribution >= 0.6 is 0 Å². The molecule has 36 heavy (non-hydrogen) atoms. The van der Waals surface area contributed by atoms with Gasteiger partial charge in [0.2, 0.25) is 5.91 Å². The number of anilines is 2. The number of carbonyl (C=O) groups is 2. The molecule has 2 N–H and O–H groups in total. The Morgan fingerprint density at radius 3 is 2.19 bits per heavy atom. The molecule has 7 nitrogen and oxygen atoms in total. The van der Waals surface area contributed by atoms with Gasteiger partial charge in [-0.2, -0.15) is 5.10 Å². The Labute approximate surface area is 214 Å². The zero-order valence-corrected chi connectivity index (χ0v) is 22.6. The molecule has 0 spiro atoms. The van der Waals surface area contributed by atoms with E-state index >= 15 is 0 Å². The first-order chi connectivity index (χ1) is 17.0. The van der Waals surface area contributed by atoms with Gasteiger partial charge in [0.1, 0.15) is 12.4 Å². The zero-order chi connectivity index (χ0) is 26.5. The van der Waals surface area contributed by atoms with E-state index in [0.717, 1.165) is 23.4 Å². The van der Waals surface area contributed by atoms with Crippen LogP contribution in [0, 0.1) is 6.92 Å². The summed E-state index contributed by atoms with van der Waals surface area (Å²) in [5.41, 5.74) is 4.60. The monoisotopic (exact) mass is 489 g/mol. The molecule has 0 unspecified atom stereocenters. The number of hydrogen-bond donors (Lipinski definition) is 2. The van der Waals surface area contributed by atoms with Crippen LogP contribution in [0.2, 0.25) is 0 Å². The fraction of sp³-hybridized carbons (Fsp3) is 0.414. The van der Waals surface area contributed by atoms with E-state index in [9.17, 15) is 9.59 Å². The van der Waals surface area contributed by atoms with Gasteiger partial charge in [0.25, 0.3) is 0 Å². The van der Waals surface area contributed by atoms with Crippen LogP contribution in [0.5, 0.6) is 0 Å². The molecule has 0 aliphatic carbocycles. The number of nitrogens with zero attached hydrogens (tertiary/aromatic N) is 3. The summed E-state index contributed by atoms with van der Waals surface area (Å²) in [6, 6.07) is 17.4. The maximum atomic E-state index is 13.1. The summed E-state index contributed by atoms with van der Waals surface area (Å²) in [5.74, 6) is 0.722. The van der Waals surface area contributed by atoms with Crippen molar-refractivity contribution < 1.29 is 9.59 Å². The van der Waals surface area contributed by atoms with Gasteiger partial charge in [0, 0.05) is 23.7 Å². The van der Waals surface area contributed by atoms with Crippen LogP contribution in [0.25, 0.3) is 5.69 Å². The number of benzene rings is 2. The van der Waals surface area contributed by atoms with E-state index < -0.39 is 0 Å². The van der Waals surface area contributed by atoms with Crippen molar-refractivity contribution in [3.05, 3.63) is 71.4 Å². The molecule has 0 aliphatic rings. The van der Waals surface area contributed by atoms with E-state index in [2.05, 4.69) is 45.3 Å². The van der Waals surface area contributed by atoms with Crippen LogP contribution < -0.4 is 10.6 Å². The Morgan fingerprint density at radius 1 is 1.00 bits per heavy atom. The maximum absolute atomic E-state index is 13.1. The molecule has 7 heteroatoms. The SMILES string of the molecule is CCCN(CC(=O)Nc1cc(C(C)(C)C)nn1-c1ccc(C)cc1)C(=O)Nc1ccc(C(C)C)cc1. The van der Waals surface area contributed by atoms with E-state index in [0.29, 0.717) is 24.0 Å². The highest BCUT2D eigenvalue weighted by atomic mass is 16.2. The Bertz CT molecular complexity index is 1170. The van der Waals surface area contributed by atoms with Crippen LogP contribution in [0.1, 0.15) is 70.7 Å². The van der Waals surface area contributed by atoms with Gasteiger partial charge in [-0.25, -0.2) is 9.48 Å². The van der Waals surface area contributed by atoms with Gasteiger partial charge < -0.3 is 15.5 Å². The number of aryl methyl sites for hydroxylation is 1. The molecule has 3 amide bonds. The normalized spacial score (nSPS) is 11.4. The lowest BCUT2D eigenvalue weighted by atomic mass is 9.92. The minimum atomic E-state index is -0.299. The molecular weight excluding hydrogens is 450 g/mol. The van der Waals surface area contributed by atoms with Crippen molar-refractivity contribution in [2.45, 2.75) is 66.2 Å². The van der Waals surface area contributed by atoms with Crippen molar-refractivity contribution in [2.24, 2.45) is 0 Å². The molecule has 0 atom stereocenters. The minimum absolute atomic E-state index is 0.0618. The second-order valence-corrected chi connectivity index (χ2v) is 10.6. The van der Waals surface area contributed by atoms with Gasteiger partial charge >= 0.3 is 6.03 Å². The summed E-state index contributed by atoms with van der Waals surface area (Å²) in [4.78, 5) is 27.6. The lowest BCUT2D eigenvalue weighted by Crippen LogP contribution is -2.41. The predicted octanol–water partition coefficient (Wildman–Crippen LogP) is 6.48. The number of urea groups is 1. The summed E-state index contributed by atoms with van der Waals surface area (Å²) >= 11 is 0. The molecule has 0 fully saturated rings. The quantitative estimate of drug-likeness (QED) is 0.380. The Kier molecular flexibility index (Phi) is 8.56. The number of aromatic nitrogens is 2. The largest absolute Gasteiger partial charge is 0.322 e. The van der Waals surface area contributed by atoms with Crippen molar-refractivity contribution >= 4 is 23.4 Å². The first kappa shape index (κ1) is 27.0. The summed E-state index contributed by atoms with van der Waals surface area (Å²) in [6.07, 6.45) is 0.739. The lowest BCUT2D eigenvalue weighted by Gasteiger charge is -2.22. The highest BCUT2D eigenvalue weighted by molar-refractivity contribution is 5.96. The predicted molar refractivity (Wildman–Crippen MR) is 147 cm³/mol. The highest BCUT2D eigenvalue weighted by Gasteiger charge is 2.23. The number of nitrogens with one attached hydrogen (secondary N) is 2. The highest BCUT2D eigenvalue weighted by Crippen LogP contribution is 2.26.